The van der Waals surface area contributed by atoms with Gasteiger partial charge in [-0.3, -0.25) is 0 Å². The first-order chi connectivity index (χ1) is 7.06. The topological polar surface area (TPSA) is 29.5 Å². The molecule has 2 nitrogen and oxygen atoms in total. The zero-order chi connectivity index (χ0) is 10.9. The highest BCUT2D eigenvalue weighted by Crippen LogP contribution is 2.49. The second-order valence-electron chi connectivity index (χ2n) is 5.93. The van der Waals surface area contributed by atoms with Crippen LogP contribution in [0.15, 0.2) is 0 Å². The Morgan fingerprint density at radius 2 is 1.87 bits per heavy atom. The van der Waals surface area contributed by atoms with Gasteiger partial charge in [0.05, 0.1) is 12.2 Å². The SMILES string of the molecule is CC1(C)CCCCC1(O)C1CCCOC1. The van der Waals surface area contributed by atoms with Gasteiger partial charge in [-0.25, -0.2) is 0 Å². The van der Waals surface area contributed by atoms with Gasteiger partial charge in [-0.1, -0.05) is 26.7 Å². The molecule has 1 aliphatic heterocycles. The predicted octanol–water partition coefficient (Wildman–Crippen LogP) is 2.74. The summed E-state index contributed by atoms with van der Waals surface area (Å²) in [7, 11) is 0. The maximum Gasteiger partial charge on any atom is 0.0748 e. The van der Waals surface area contributed by atoms with Gasteiger partial charge in [0.15, 0.2) is 0 Å². The first kappa shape index (κ1) is 11.4. The van der Waals surface area contributed by atoms with E-state index in [-0.39, 0.29) is 5.41 Å². The molecule has 0 bridgehead atoms. The summed E-state index contributed by atoms with van der Waals surface area (Å²) in [6.07, 6.45) is 6.82. The van der Waals surface area contributed by atoms with Crippen molar-refractivity contribution in [3.63, 3.8) is 0 Å². The van der Waals surface area contributed by atoms with Crippen molar-refractivity contribution in [3.8, 4) is 0 Å². The van der Waals surface area contributed by atoms with Crippen LogP contribution < -0.4 is 0 Å². The van der Waals surface area contributed by atoms with Crippen LogP contribution in [0.3, 0.4) is 0 Å². The highest BCUT2D eigenvalue weighted by atomic mass is 16.5. The lowest BCUT2D eigenvalue weighted by Crippen LogP contribution is -2.54. The van der Waals surface area contributed by atoms with Crippen LogP contribution in [0.1, 0.15) is 52.4 Å². The second-order valence-corrected chi connectivity index (χ2v) is 5.93. The smallest absolute Gasteiger partial charge is 0.0748 e. The Morgan fingerprint density at radius 1 is 1.13 bits per heavy atom. The molecular formula is C13H24O2. The lowest BCUT2D eigenvalue weighted by Gasteiger charge is -2.51. The fourth-order valence-electron chi connectivity index (χ4n) is 3.39. The molecule has 1 saturated carbocycles. The summed E-state index contributed by atoms with van der Waals surface area (Å²) in [6.45, 7) is 6.09. The van der Waals surface area contributed by atoms with Crippen molar-refractivity contribution in [2.45, 2.75) is 58.0 Å². The van der Waals surface area contributed by atoms with Crippen LogP contribution in [-0.4, -0.2) is 23.9 Å². The van der Waals surface area contributed by atoms with E-state index in [2.05, 4.69) is 13.8 Å². The molecule has 0 aromatic heterocycles. The van der Waals surface area contributed by atoms with Crippen molar-refractivity contribution in [1.82, 2.24) is 0 Å². The molecule has 2 fully saturated rings. The van der Waals surface area contributed by atoms with Gasteiger partial charge < -0.3 is 9.84 Å². The van der Waals surface area contributed by atoms with E-state index < -0.39 is 5.60 Å². The molecular weight excluding hydrogens is 188 g/mol. The summed E-state index contributed by atoms with van der Waals surface area (Å²) in [5.74, 6) is 0.363. The normalized spacial score (nSPS) is 41.4. The molecule has 1 aliphatic carbocycles. The Labute approximate surface area is 93.0 Å². The minimum Gasteiger partial charge on any atom is -0.389 e. The Balaban J connectivity index is 2.14. The molecule has 1 heterocycles. The lowest BCUT2D eigenvalue weighted by molar-refractivity contribution is -0.165. The average Bonchev–Trinajstić information content (AvgIpc) is 2.24. The Bertz CT molecular complexity index is 219. The Hall–Kier alpha value is -0.0800. The van der Waals surface area contributed by atoms with Crippen molar-refractivity contribution < 1.29 is 9.84 Å². The third-order valence-corrected chi connectivity index (χ3v) is 4.62. The van der Waals surface area contributed by atoms with Crippen molar-refractivity contribution in [2.75, 3.05) is 13.2 Å². The van der Waals surface area contributed by atoms with E-state index >= 15 is 0 Å². The minimum atomic E-state index is -0.480. The van der Waals surface area contributed by atoms with Crippen LogP contribution in [0.25, 0.3) is 0 Å². The van der Waals surface area contributed by atoms with Crippen molar-refractivity contribution >= 4 is 0 Å². The fraction of sp³-hybridized carbons (Fsp3) is 1.00. The second kappa shape index (κ2) is 4.06. The van der Waals surface area contributed by atoms with Crippen LogP contribution >= 0.6 is 0 Å². The van der Waals surface area contributed by atoms with Crippen LogP contribution in [0.2, 0.25) is 0 Å². The van der Waals surface area contributed by atoms with E-state index in [1.807, 2.05) is 0 Å². The van der Waals surface area contributed by atoms with Gasteiger partial charge in [0, 0.05) is 12.5 Å². The summed E-state index contributed by atoms with van der Waals surface area (Å²) in [4.78, 5) is 0. The number of aliphatic hydroxyl groups is 1. The van der Waals surface area contributed by atoms with Gasteiger partial charge in [-0.05, 0) is 31.1 Å². The molecule has 2 rings (SSSR count). The Morgan fingerprint density at radius 3 is 2.47 bits per heavy atom. The van der Waals surface area contributed by atoms with Gasteiger partial charge in [0.25, 0.3) is 0 Å². The number of ether oxygens (including phenoxy) is 1. The highest BCUT2D eigenvalue weighted by molar-refractivity contribution is 5.01. The maximum atomic E-state index is 10.9. The largest absolute Gasteiger partial charge is 0.389 e. The first-order valence-electron chi connectivity index (χ1n) is 6.36. The van der Waals surface area contributed by atoms with Gasteiger partial charge >= 0.3 is 0 Å². The minimum absolute atomic E-state index is 0.0661. The molecule has 15 heavy (non-hydrogen) atoms. The summed E-state index contributed by atoms with van der Waals surface area (Å²) in [6, 6.07) is 0. The van der Waals surface area contributed by atoms with Crippen LogP contribution in [-0.2, 0) is 4.74 Å². The molecule has 2 aliphatic rings. The Kier molecular flexibility index (Phi) is 3.09. The molecule has 0 aromatic carbocycles. The van der Waals surface area contributed by atoms with Gasteiger partial charge in [-0.15, -0.1) is 0 Å². The lowest BCUT2D eigenvalue weighted by atomic mass is 9.59. The van der Waals surface area contributed by atoms with E-state index in [0.717, 1.165) is 38.9 Å². The molecule has 0 aromatic rings. The van der Waals surface area contributed by atoms with E-state index in [4.69, 9.17) is 4.74 Å². The fourth-order valence-corrected chi connectivity index (χ4v) is 3.39. The molecule has 2 heteroatoms. The molecule has 1 N–H and O–H groups in total. The monoisotopic (exact) mass is 212 g/mol. The highest BCUT2D eigenvalue weighted by Gasteiger charge is 2.50. The molecule has 0 radical (unpaired) electrons. The van der Waals surface area contributed by atoms with Crippen LogP contribution in [0, 0.1) is 11.3 Å². The summed E-state index contributed by atoms with van der Waals surface area (Å²) < 4.78 is 5.53. The van der Waals surface area contributed by atoms with E-state index in [1.54, 1.807) is 0 Å². The van der Waals surface area contributed by atoms with Crippen LogP contribution in [0.5, 0.6) is 0 Å². The third kappa shape index (κ3) is 1.94. The number of hydrogen-bond donors (Lipinski definition) is 1. The van der Waals surface area contributed by atoms with Gasteiger partial charge in [0.2, 0.25) is 0 Å². The van der Waals surface area contributed by atoms with Crippen molar-refractivity contribution in [2.24, 2.45) is 11.3 Å². The summed E-state index contributed by atoms with van der Waals surface area (Å²) >= 11 is 0. The average molecular weight is 212 g/mol. The standard InChI is InChI=1S/C13H24O2/c1-12(2)7-3-4-8-13(12,14)11-6-5-9-15-10-11/h11,14H,3-10H2,1-2H3. The van der Waals surface area contributed by atoms with Crippen LogP contribution in [0.4, 0.5) is 0 Å². The number of hydrogen-bond acceptors (Lipinski definition) is 2. The molecule has 2 unspecified atom stereocenters. The van der Waals surface area contributed by atoms with Crippen molar-refractivity contribution in [1.29, 1.82) is 0 Å². The van der Waals surface area contributed by atoms with E-state index in [9.17, 15) is 5.11 Å². The molecule has 0 spiro atoms. The number of rotatable bonds is 1. The summed E-state index contributed by atoms with van der Waals surface area (Å²) in [5.41, 5.74) is -0.414. The molecule has 88 valence electrons. The van der Waals surface area contributed by atoms with Crippen molar-refractivity contribution in [3.05, 3.63) is 0 Å². The van der Waals surface area contributed by atoms with Gasteiger partial charge in [0.1, 0.15) is 0 Å². The first-order valence-corrected chi connectivity index (χ1v) is 6.36. The van der Waals surface area contributed by atoms with E-state index in [0.29, 0.717) is 5.92 Å². The quantitative estimate of drug-likeness (QED) is 0.724. The zero-order valence-electron chi connectivity index (χ0n) is 10.1. The molecule has 2 atom stereocenters. The van der Waals surface area contributed by atoms with E-state index in [1.165, 1.54) is 12.8 Å². The van der Waals surface area contributed by atoms with Gasteiger partial charge in [-0.2, -0.15) is 0 Å². The molecule has 1 saturated heterocycles. The zero-order valence-corrected chi connectivity index (χ0v) is 10.1. The molecule has 0 amide bonds. The summed E-state index contributed by atoms with van der Waals surface area (Å²) in [5, 5.41) is 10.9. The maximum absolute atomic E-state index is 10.9. The third-order valence-electron chi connectivity index (χ3n) is 4.62. The predicted molar refractivity (Wildman–Crippen MR) is 60.7 cm³/mol.